The van der Waals surface area contributed by atoms with Gasteiger partial charge in [0.15, 0.2) is 5.78 Å². The molecule has 1 aliphatic rings. The lowest BCUT2D eigenvalue weighted by atomic mass is 9.89. The second kappa shape index (κ2) is 4.54. The maximum Gasteiger partial charge on any atom is 0.174 e. The molecule has 96 valence electrons. The molecule has 1 aliphatic heterocycles. The number of hydrogen-bond donors (Lipinski definition) is 0. The van der Waals surface area contributed by atoms with Crippen LogP contribution in [0.4, 0.5) is 0 Å². The fourth-order valence-electron chi connectivity index (χ4n) is 2.59. The van der Waals surface area contributed by atoms with Crippen LogP contribution in [-0.2, 0) is 0 Å². The summed E-state index contributed by atoms with van der Waals surface area (Å²) in [5, 5.41) is 0. The van der Waals surface area contributed by atoms with Gasteiger partial charge in [-0.1, -0.05) is 36.4 Å². The average molecular weight is 252 g/mol. The highest BCUT2D eigenvalue weighted by molar-refractivity contribution is 6.03. The van der Waals surface area contributed by atoms with E-state index >= 15 is 0 Å². The molecule has 0 radical (unpaired) electrons. The summed E-state index contributed by atoms with van der Waals surface area (Å²) < 4.78 is 5.60. The van der Waals surface area contributed by atoms with Gasteiger partial charge in [0.1, 0.15) is 12.4 Å². The van der Waals surface area contributed by atoms with Gasteiger partial charge in [-0.3, -0.25) is 4.79 Å². The van der Waals surface area contributed by atoms with Crippen molar-refractivity contribution in [2.45, 2.75) is 19.8 Å². The maximum absolute atomic E-state index is 12.7. The van der Waals surface area contributed by atoms with Crippen LogP contribution in [0, 0.1) is 13.8 Å². The van der Waals surface area contributed by atoms with E-state index in [2.05, 4.69) is 0 Å². The molecular weight excluding hydrogens is 236 g/mol. The number of hydrogen-bond acceptors (Lipinski definition) is 2. The SMILES string of the molecule is Cc1cccc(C(=O)C2COc3ccccc32)c1C. The van der Waals surface area contributed by atoms with E-state index in [-0.39, 0.29) is 11.7 Å². The molecule has 0 saturated carbocycles. The van der Waals surface area contributed by atoms with E-state index in [0.717, 1.165) is 28.0 Å². The molecule has 0 bridgehead atoms. The summed E-state index contributed by atoms with van der Waals surface area (Å²) in [6.45, 7) is 4.49. The van der Waals surface area contributed by atoms with Crippen LogP contribution in [-0.4, -0.2) is 12.4 Å². The molecule has 2 nitrogen and oxygen atoms in total. The summed E-state index contributed by atoms with van der Waals surface area (Å²) >= 11 is 0. The Kier molecular flexibility index (Phi) is 2.86. The van der Waals surface area contributed by atoms with Crippen LogP contribution in [0.2, 0.25) is 0 Å². The van der Waals surface area contributed by atoms with Crippen molar-refractivity contribution in [1.82, 2.24) is 0 Å². The van der Waals surface area contributed by atoms with E-state index in [0.29, 0.717) is 6.61 Å². The highest BCUT2D eigenvalue weighted by Gasteiger charge is 2.31. The number of aryl methyl sites for hydroxylation is 1. The lowest BCUT2D eigenvalue weighted by Crippen LogP contribution is -2.15. The quantitative estimate of drug-likeness (QED) is 0.762. The second-order valence-corrected chi connectivity index (χ2v) is 5.01. The Morgan fingerprint density at radius 1 is 1.11 bits per heavy atom. The van der Waals surface area contributed by atoms with Crippen LogP contribution in [0.3, 0.4) is 0 Å². The third kappa shape index (κ3) is 1.93. The van der Waals surface area contributed by atoms with Crippen molar-refractivity contribution in [2.24, 2.45) is 0 Å². The zero-order valence-electron chi connectivity index (χ0n) is 11.1. The van der Waals surface area contributed by atoms with Gasteiger partial charge in [0, 0.05) is 11.1 Å². The van der Waals surface area contributed by atoms with Crippen LogP contribution in [0.25, 0.3) is 0 Å². The Morgan fingerprint density at radius 3 is 2.74 bits per heavy atom. The Hall–Kier alpha value is -2.09. The number of ketones is 1. The molecule has 0 aromatic heterocycles. The fourth-order valence-corrected chi connectivity index (χ4v) is 2.59. The smallest absolute Gasteiger partial charge is 0.174 e. The Labute approximate surface area is 113 Å². The number of carbonyl (C=O) groups is 1. The van der Waals surface area contributed by atoms with Crippen molar-refractivity contribution in [1.29, 1.82) is 0 Å². The standard InChI is InChI=1S/C17H16O2/c1-11-6-5-8-13(12(11)2)17(18)15-10-19-16-9-4-3-7-14(15)16/h3-9,15H,10H2,1-2H3. The van der Waals surface area contributed by atoms with Gasteiger partial charge >= 0.3 is 0 Å². The third-order valence-corrected chi connectivity index (χ3v) is 3.89. The van der Waals surface area contributed by atoms with Gasteiger partial charge < -0.3 is 4.74 Å². The molecule has 0 saturated heterocycles. The normalized spacial score (nSPS) is 16.8. The van der Waals surface area contributed by atoms with Gasteiger partial charge in [-0.2, -0.15) is 0 Å². The van der Waals surface area contributed by atoms with E-state index in [1.54, 1.807) is 0 Å². The Balaban J connectivity index is 2.00. The number of rotatable bonds is 2. The maximum atomic E-state index is 12.7. The van der Waals surface area contributed by atoms with Gasteiger partial charge in [0.05, 0.1) is 5.92 Å². The van der Waals surface area contributed by atoms with Crippen LogP contribution in [0.15, 0.2) is 42.5 Å². The monoisotopic (exact) mass is 252 g/mol. The first-order chi connectivity index (χ1) is 9.18. The van der Waals surface area contributed by atoms with Crippen LogP contribution < -0.4 is 4.74 Å². The Morgan fingerprint density at radius 2 is 1.89 bits per heavy atom. The van der Waals surface area contributed by atoms with Crippen molar-refractivity contribution in [3.05, 3.63) is 64.7 Å². The van der Waals surface area contributed by atoms with Crippen molar-refractivity contribution in [3.63, 3.8) is 0 Å². The molecule has 1 heterocycles. The van der Waals surface area contributed by atoms with Crippen LogP contribution >= 0.6 is 0 Å². The largest absolute Gasteiger partial charge is 0.492 e. The average Bonchev–Trinajstić information content (AvgIpc) is 2.85. The number of ether oxygens (including phenoxy) is 1. The van der Waals surface area contributed by atoms with Crippen molar-refractivity contribution < 1.29 is 9.53 Å². The van der Waals surface area contributed by atoms with Crippen LogP contribution in [0.5, 0.6) is 5.75 Å². The first-order valence-electron chi connectivity index (χ1n) is 6.50. The molecule has 0 spiro atoms. The molecule has 1 atom stereocenters. The molecule has 0 aliphatic carbocycles. The lowest BCUT2D eigenvalue weighted by Gasteiger charge is -2.11. The van der Waals surface area contributed by atoms with E-state index in [1.165, 1.54) is 0 Å². The number of fused-ring (bicyclic) bond motifs is 1. The van der Waals surface area contributed by atoms with Gasteiger partial charge in [0.2, 0.25) is 0 Å². The predicted octanol–water partition coefficient (Wildman–Crippen LogP) is 3.66. The first kappa shape index (κ1) is 12.0. The summed E-state index contributed by atoms with van der Waals surface area (Å²) in [6.07, 6.45) is 0. The van der Waals surface area contributed by atoms with Crippen LogP contribution in [0.1, 0.15) is 33.0 Å². The number of carbonyl (C=O) groups excluding carboxylic acids is 1. The summed E-state index contributed by atoms with van der Waals surface area (Å²) in [6, 6.07) is 13.7. The van der Waals surface area contributed by atoms with Gasteiger partial charge in [-0.15, -0.1) is 0 Å². The van der Waals surface area contributed by atoms with Crippen molar-refractivity contribution in [2.75, 3.05) is 6.61 Å². The Bertz CT molecular complexity index is 643. The third-order valence-electron chi connectivity index (χ3n) is 3.89. The second-order valence-electron chi connectivity index (χ2n) is 5.01. The highest BCUT2D eigenvalue weighted by Crippen LogP contribution is 2.36. The molecule has 2 aromatic carbocycles. The predicted molar refractivity (Wildman–Crippen MR) is 74.9 cm³/mol. The molecular formula is C17H16O2. The molecule has 19 heavy (non-hydrogen) atoms. The highest BCUT2D eigenvalue weighted by atomic mass is 16.5. The summed E-state index contributed by atoms with van der Waals surface area (Å²) in [5.74, 6) is 0.828. The minimum absolute atomic E-state index is 0.158. The van der Waals surface area contributed by atoms with Crippen molar-refractivity contribution in [3.8, 4) is 5.75 Å². The summed E-state index contributed by atoms with van der Waals surface area (Å²) in [4.78, 5) is 12.7. The topological polar surface area (TPSA) is 26.3 Å². The molecule has 0 fully saturated rings. The van der Waals surface area contributed by atoms with E-state index in [4.69, 9.17) is 4.74 Å². The molecule has 0 N–H and O–H groups in total. The van der Waals surface area contributed by atoms with Gasteiger partial charge in [0.25, 0.3) is 0 Å². The minimum atomic E-state index is -0.170. The zero-order chi connectivity index (χ0) is 13.4. The number of benzene rings is 2. The number of para-hydroxylation sites is 1. The van der Waals surface area contributed by atoms with E-state index < -0.39 is 0 Å². The van der Waals surface area contributed by atoms with E-state index in [9.17, 15) is 4.79 Å². The summed E-state index contributed by atoms with van der Waals surface area (Å²) in [5.41, 5.74) is 4.04. The first-order valence-corrected chi connectivity index (χ1v) is 6.50. The molecule has 2 aromatic rings. The molecule has 0 amide bonds. The molecule has 3 rings (SSSR count). The summed E-state index contributed by atoms with van der Waals surface area (Å²) in [7, 11) is 0. The fraction of sp³-hybridized carbons (Fsp3) is 0.235. The van der Waals surface area contributed by atoms with Crippen molar-refractivity contribution >= 4 is 5.78 Å². The zero-order valence-corrected chi connectivity index (χ0v) is 11.1. The van der Waals surface area contributed by atoms with Gasteiger partial charge in [-0.05, 0) is 31.0 Å². The van der Waals surface area contributed by atoms with E-state index in [1.807, 2.05) is 56.3 Å². The number of Topliss-reactive ketones (excluding diaryl/α,β-unsaturated/α-hetero) is 1. The lowest BCUT2D eigenvalue weighted by molar-refractivity contribution is 0.0947. The minimum Gasteiger partial charge on any atom is -0.492 e. The van der Waals surface area contributed by atoms with Gasteiger partial charge in [-0.25, -0.2) is 0 Å². The molecule has 2 heteroatoms. The molecule has 1 unspecified atom stereocenters.